The van der Waals surface area contributed by atoms with Crippen molar-refractivity contribution >= 4 is 0 Å². The molecule has 0 amide bonds. The molecule has 1 fully saturated rings. The van der Waals surface area contributed by atoms with E-state index in [0.717, 1.165) is 42.5 Å². The molecule has 0 saturated heterocycles. The highest BCUT2D eigenvalue weighted by Crippen LogP contribution is 2.49. The smallest absolute Gasteiger partial charge is 0.385 e. The van der Waals surface area contributed by atoms with Gasteiger partial charge in [-0.05, 0) is 50.2 Å². The van der Waals surface area contributed by atoms with Gasteiger partial charge in [-0.25, -0.2) is 0 Å². The van der Waals surface area contributed by atoms with Gasteiger partial charge in [-0.1, -0.05) is 55.3 Å². The average Bonchev–Trinajstić information content (AvgIpc) is 2.64. The van der Waals surface area contributed by atoms with Gasteiger partial charge in [0, 0.05) is 12.0 Å². The van der Waals surface area contributed by atoms with E-state index >= 15 is 0 Å². The van der Waals surface area contributed by atoms with Crippen LogP contribution in [0.1, 0.15) is 48.4 Å². The summed E-state index contributed by atoms with van der Waals surface area (Å²) >= 11 is 0. The fourth-order valence-electron chi connectivity index (χ4n) is 4.45. The van der Waals surface area contributed by atoms with Crippen LogP contribution in [0.4, 0.5) is 13.2 Å². The lowest BCUT2D eigenvalue weighted by Gasteiger charge is -2.46. The topological polar surface area (TPSA) is 23.5 Å². The van der Waals surface area contributed by atoms with Crippen molar-refractivity contribution in [2.24, 2.45) is 5.92 Å². The molecule has 0 aromatic heterocycles. The molecule has 0 heterocycles. The zero-order valence-electron chi connectivity index (χ0n) is 15.7. The van der Waals surface area contributed by atoms with Crippen LogP contribution < -0.4 is 0 Å². The zero-order chi connectivity index (χ0) is 19.7. The maximum Gasteiger partial charge on any atom is 0.416 e. The summed E-state index contributed by atoms with van der Waals surface area (Å²) in [5.41, 5.74) is 0.0466. The third-order valence-electron chi connectivity index (χ3n) is 5.73. The molecule has 2 nitrogen and oxygen atoms in total. The molecule has 0 aliphatic heterocycles. The predicted octanol–water partition coefficient (Wildman–Crippen LogP) is 5.39. The quantitative estimate of drug-likeness (QED) is 0.773. The van der Waals surface area contributed by atoms with Gasteiger partial charge in [-0.3, -0.25) is 0 Å². The number of hydrogen-bond acceptors (Lipinski definition) is 2. The molecular formula is C22H26F3NO. The minimum Gasteiger partial charge on any atom is -0.385 e. The second kappa shape index (κ2) is 7.64. The van der Waals surface area contributed by atoms with Crippen molar-refractivity contribution in [2.75, 3.05) is 14.1 Å². The van der Waals surface area contributed by atoms with E-state index in [0.29, 0.717) is 6.42 Å². The average molecular weight is 377 g/mol. The van der Waals surface area contributed by atoms with E-state index in [1.165, 1.54) is 0 Å². The Kier molecular flexibility index (Phi) is 5.63. The first-order chi connectivity index (χ1) is 12.7. The third-order valence-corrected chi connectivity index (χ3v) is 5.73. The molecule has 1 saturated carbocycles. The van der Waals surface area contributed by atoms with Crippen LogP contribution in [0.3, 0.4) is 0 Å². The summed E-state index contributed by atoms with van der Waals surface area (Å²) in [5.74, 6) is -0.0969. The first kappa shape index (κ1) is 19.9. The number of rotatable bonds is 4. The number of aliphatic hydroxyl groups is 1. The second-order valence-corrected chi connectivity index (χ2v) is 7.67. The van der Waals surface area contributed by atoms with Crippen LogP contribution in [0, 0.1) is 5.92 Å². The van der Waals surface area contributed by atoms with Gasteiger partial charge < -0.3 is 10.0 Å². The molecule has 1 aliphatic rings. The van der Waals surface area contributed by atoms with Gasteiger partial charge in [0.15, 0.2) is 0 Å². The van der Waals surface area contributed by atoms with Gasteiger partial charge >= 0.3 is 6.18 Å². The lowest BCUT2D eigenvalue weighted by atomic mass is 9.67. The van der Waals surface area contributed by atoms with Crippen LogP contribution in [0.15, 0.2) is 54.6 Å². The lowest BCUT2D eigenvalue weighted by Crippen LogP contribution is -2.45. The van der Waals surface area contributed by atoms with Gasteiger partial charge in [0.1, 0.15) is 0 Å². The van der Waals surface area contributed by atoms with Crippen LogP contribution in [-0.4, -0.2) is 24.1 Å². The fourth-order valence-corrected chi connectivity index (χ4v) is 4.45. The van der Waals surface area contributed by atoms with E-state index in [4.69, 9.17) is 0 Å². The molecule has 2 aromatic rings. The highest BCUT2D eigenvalue weighted by atomic mass is 19.4. The first-order valence-electron chi connectivity index (χ1n) is 9.35. The maximum atomic E-state index is 12.9. The molecular weight excluding hydrogens is 351 g/mol. The molecule has 3 rings (SSSR count). The summed E-state index contributed by atoms with van der Waals surface area (Å²) in [7, 11) is 3.84. The van der Waals surface area contributed by atoms with E-state index in [1.807, 2.05) is 49.3 Å². The van der Waals surface area contributed by atoms with Crippen molar-refractivity contribution in [1.82, 2.24) is 4.90 Å². The number of benzene rings is 2. The summed E-state index contributed by atoms with van der Waals surface area (Å²) in [4.78, 5) is 2.01. The van der Waals surface area contributed by atoms with Gasteiger partial charge in [-0.15, -0.1) is 0 Å². The Bertz CT molecular complexity index is 742. The SMILES string of the molecule is CN(C)C(c1ccc(C(F)(F)F)cc1)C1CCCCC1(O)c1ccccc1. The molecule has 1 N–H and O–H groups in total. The molecule has 27 heavy (non-hydrogen) atoms. The number of alkyl halides is 3. The summed E-state index contributed by atoms with van der Waals surface area (Å²) in [5, 5.41) is 11.7. The minimum absolute atomic E-state index is 0.0969. The van der Waals surface area contributed by atoms with Crippen molar-refractivity contribution in [3.63, 3.8) is 0 Å². The van der Waals surface area contributed by atoms with Crippen LogP contribution in [0.5, 0.6) is 0 Å². The summed E-state index contributed by atoms with van der Waals surface area (Å²) in [6, 6.07) is 14.8. The molecule has 5 heteroatoms. The monoisotopic (exact) mass is 377 g/mol. The predicted molar refractivity (Wildman–Crippen MR) is 100 cm³/mol. The van der Waals surface area contributed by atoms with Crippen molar-refractivity contribution in [3.8, 4) is 0 Å². The molecule has 0 radical (unpaired) electrons. The molecule has 1 aliphatic carbocycles. The van der Waals surface area contributed by atoms with Gasteiger partial charge in [0.2, 0.25) is 0 Å². The standard InChI is InChI=1S/C22H26F3NO/c1-26(2)20(16-11-13-18(14-12-16)22(23,24)25)19-10-6-7-15-21(19,27)17-8-4-3-5-9-17/h3-5,8-9,11-14,19-20,27H,6-7,10,15H2,1-2H3. The molecule has 3 unspecified atom stereocenters. The zero-order valence-corrected chi connectivity index (χ0v) is 15.7. The number of hydrogen-bond donors (Lipinski definition) is 1. The minimum atomic E-state index is -4.35. The summed E-state index contributed by atoms with van der Waals surface area (Å²) in [6.07, 6.45) is -0.913. The van der Waals surface area contributed by atoms with Crippen LogP contribution in [-0.2, 0) is 11.8 Å². The van der Waals surface area contributed by atoms with E-state index < -0.39 is 17.3 Å². The van der Waals surface area contributed by atoms with E-state index in [9.17, 15) is 18.3 Å². The number of nitrogens with zero attached hydrogens (tertiary/aromatic N) is 1. The van der Waals surface area contributed by atoms with Crippen molar-refractivity contribution in [3.05, 3.63) is 71.3 Å². The van der Waals surface area contributed by atoms with Crippen molar-refractivity contribution in [2.45, 2.75) is 43.5 Å². The van der Waals surface area contributed by atoms with Crippen LogP contribution in [0.25, 0.3) is 0 Å². The lowest BCUT2D eigenvalue weighted by molar-refractivity contribution is -0.137. The maximum absolute atomic E-state index is 12.9. The molecule has 3 atom stereocenters. The molecule has 146 valence electrons. The summed E-state index contributed by atoms with van der Waals surface area (Å²) < 4.78 is 38.8. The van der Waals surface area contributed by atoms with Gasteiger partial charge in [0.05, 0.1) is 11.2 Å². The van der Waals surface area contributed by atoms with Gasteiger partial charge in [-0.2, -0.15) is 13.2 Å². The summed E-state index contributed by atoms with van der Waals surface area (Å²) in [6.45, 7) is 0. The Hall–Kier alpha value is -1.85. The molecule has 0 spiro atoms. The highest BCUT2D eigenvalue weighted by molar-refractivity contribution is 5.30. The van der Waals surface area contributed by atoms with Gasteiger partial charge in [0.25, 0.3) is 0 Å². The Morgan fingerprint density at radius 2 is 1.63 bits per heavy atom. The Morgan fingerprint density at radius 1 is 1.00 bits per heavy atom. The fraction of sp³-hybridized carbons (Fsp3) is 0.455. The molecule has 2 aromatic carbocycles. The highest BCUT2D eigenvalue weighted by Gasteiger charge is 2.45. The third kappa shape index (κ3) is 4.04. The Balaban J connectivity index is 2.00. The Morgan fingerprint density at radius 3 is 2.19 bits per heavy atom. The Labute approximate surface area is 158 Å². The van der Waals surface area contributed by atoms with Crippen molar-refractivity contribution < 1.29 is 18.3 Å². The largest absolute Gasteiger partial charge is 0.416 e. The van der Waals surface area contributed by atoms with E-state index in [-0.39, 0.29) is 12.0 Å². The van der Waals surface area contributed by atoms with E-state index in [2.05, 4.69) is 0 Å². The normalized spacial score (nSPS) is 24.8. The van der Waals surface area contributed by atoms with Crippen molar-refractivity contribution in [1.29, 1.82) is 0 Å². The van der Waals surface area contributed by atoms with E-state index in [1.54, 1.807) is 12.1 Å². The molecule has 0 bridgehead atoms. The second-order valence-electron chi connectivity index (χ2n) is 7.67. The first-order valence-corrected chi connectivity index (χ1v) is 9.35. The van der Waals surface area contributed by atoms with Crippen LogP contribution in [0.2, 0.25) is 0 Å². The van der Waals surface area contributed by atoms with Crippen LogP contribution >= 0.6 is 0 Å². The number of halogens is 3.